The predicted octanol–water partition coefficient (Wildman–Crippen LogP) is 5.12. The van der Waals surface area contributed by atoms with E-state index in [4.69, 9.17) is 14.2 Å². The Hall–Kier alpha value is -2.23. The molecule has 0 amide bonds. The number of hydrogen-bond acceptors (Lipinski definition) is 4. The largest absolute Gasteiger partial charge is 0.497 e. The van der Waals surface area contributed by atoms with E-state index < -0.39 is 0 Å². The zero-order valence-electron chi connectivity index (χ0n) is 14.9. The Balaban J connectivity index is 2.24. The summed E-state index contributed by atoms with van der Waals surface area (Å²) in [6, 6.07) is 11.8. The summed E-state index contributed by atoms with van der Waals surface area (Å²) in [5, 5.41) is 0. The zero-order chi connectivity index (χ0) is 17.2. The average molecular weight is 329 g/mol. The van der Waals surface area contributed by atoms with Crippen molar-refractivity contribution in [3.8, 4) is 28.6 Å². The van der Waals surface area contributed by atoms with Gasteiger partial charge in [0.1, 0.15) is 5.75 Å². The van der Waals surface area contributed by atoms with Crippen molar-refractivity contribution in [1.29, 1.82) is 0 Å². The molecule has 1 aromatic carbocycles. The predicted molar refractivity (Wildman–Crippen MR) is 97.0 cm³/mol. The first-order valence-electron chi connectivity index (χ1n) is 8.69. The van der Waals surface area contributed by atoms with E-state index in [2.05, 4.69) is 18.8 Å². The third-order valence-electron chi connectivity index (χ3n) is 3.68. The molecule has 0 spiro atoms. The minimum Gasteiger partial charge on any atom is -0.497 e. The molecule has 0 unspecified atom stereocenters. The van der Waals surface area contributed by atoms with E-state index in [0.717, 1.165) is 42.7 Å². The maximum Gasteiger partial charge on any atom is 0.257 e. The monoisotopic (exact) mass is 329 g/mol. The average Bonchev–Trinajstić information content (AvgIpc) is 2.63. The summed E-state index contributed by atoms with van der Waals surface area (Å²) < 4.78 is 17.0. The lowest BCUT2D eigenvalue weighted by Crippen LogP contribution is -2.04. The Morgan fingerprint density at radius 2 is 1.67 bits per heavy atom. The van der Waals surface area contributed by atoms with Gasteiger partial charge in [-0.3, -0.25) is 0 Å². The Kier molecular flexibility index (Phi) is 7.40. The highest BCUT2D eigenvalue weighted by Crippen LogP contribution is 2.30. The number of aromatic nitrogens is 1. The third-order valence-corrected chi connectivity index (χ3v) is 3.68. The Morgan fingerprint density at radius 1 is 0.917 bits per heavy atom. The van der Waals surface area contributed by atoms with E-state index >= 15 is 0 Å². The van der Waals surface area contributed by atoms with Crippen molar-refractivity contribution in [2.75, 3.05) is 20.3 Å². The Morgan fingerprint density at radius 3 is 2.38 bits per heavy atom. The van der Waals surface area contributed by atoms with Crippen LogP contribution in [0.25, 0.3) is 11.3 Å². The van der Waals surface area contributed by atoms with Crippen molar-refractivity contribution in [3.63, 3.8) is 0 Å². The summed E-state index contributed by atoms with van der Waals surface area (Å²) in [4.78, 5) is 4.67. The lowest BCUT2D eigenvalue weighted by atomic mass is 10.1. The summed E-state index contributed by atoms with van der Waals surface area (Å²) in [7, 11) is 1.66. The molecule has 2 rings (SSSR count). The molecule has 1 heterocycles. The van der Waals surface area contributed by atoms with Crippen LogP contribution in [0, 0.1) is 0 Å². The molecule has 4 heteroatoms. The summed E-state index contributed by atoms with van der Waals surface area (Å²) in [6.07, 6.45) is 4.20. The first-order valence-corrected chi connectivity index (χ1v) is 8.69. The number of ether oxygens (including phenoxy) is 3. The van der Waals surface area contributed by atoms with E-state index in [1.165, 1.54) is 0 Å². The molecule has 0 saturated carbocycles. The topological polar surface area (TPSA) is 40.6 Å². The molecule has 0 bridgehead atoms. The molecule has 0 aliphatic rings. The van der Waals surface area contributed by atoms with Crippen LogP contribution in [-0.2, 0) is 0 Å². The van der Waals surface area contributed by atoms with Gasteiger partial charge in [-0.05, 0) is 37.1 Å². The number of rotatable bonds is 10. The fraction of sp³-hybridized carbons (Fsp3) is 0.450. The van der Waals surface area contributed by atoms with Crippen molar-refractivity contribution in [2.45, 2.75) is 39.5 Å². The number of benzene rings is 1. The molecule has 0 fully saturated rings. The van der Waals surface area contributed by atoms with Crippen molar-refractivity contribution < 1.29 is 14.2 Å². The van der Waals surface area contributed by atoms with Crippen LogP contribution in [0.15, 0.2) is 36.4 Å². The van der Waals surface area contributed by atoms with E-state index in [-0.39, 0.29) is 0 Å². The smallest absolute Gasteiger partial charge is 0.257 e. The number of pyridine rings is 1. The molecule has 0 atom stereocenters. The Bertz CT molecular complexity index is 628. The minimum absolute atomic E-state index is 0.569. The van der Waals surface area contributed by atoms with Gasteiger partial charge in [-0.25, -0.2) is 4.98 Å². The van der Waals surface area contributed by atoms with E-state index in [1.54, 1.807) is 7.11 Å². The highest BCUT2D eigenvalue weighted by molar-refractivity contribution is 5.63. The maximum atomic E-state index is 5.86. The van der Waals surface area contributed by atoms with Crippen LogP contribution in [0.1, 0.15) is 39.5 Å². The molecule has 0 aliphatic heterocycles. The second-order valence-corrected chi connectivity index (χ2v) is 5.64. The highest BCUT2D eigenvalue weighted by Gasteiger charge is 2.11. The van der Waals surface area contributed by atoms with Crippen molar-refractivity contribution in [2.24, 2.45) is 0 Å². The molecular weight excluding hydrogens is 302 g/mol. The molecule has 0 N–H and O–H groups in total. The standard InChI is InChI=1S/C20H27NO3/c1-4-6-13-23-19-12-11-18(21-20(19)24-14-7-5-2)16-9-8-10-17(15-16)22-3/h8-12,15H,4-7,13-14H2,1-3H3. The van der Waals surface area contributed by atoms with E-state index in [0.29, 0.717) is 24.8 Å². The summed E-state index contributed by atoms with van der Waals surface area (Å²) in [5.74, 6) is 2.09. The molecule has 1 aromatic heterocycles. The number of nitrogens with zero attached hydrogens (tertiary/aromatic N) is 1. The quantitative estimate of drug-likeness (QED) is 0.568. The van der Waals surface area contributed by atoms with Gasteiger partial charge in [-0.2, -0.15) is 0 Å². The van der Waals surface area contributed by atoms with Gasteiger partial charge in [0.2, 0.25) is 0 Å². The summed E-state index contributed by atoms with van der Waals surface area (Å²) in [5.41, 5.74) is 1.85. The highest BCUT2D eigenvalue weighted by atomic mass is 16.5. The van der Waals surface area contributed by atoms with Gasteiger partial charge in [-0.15, -0.1) is 0 Å². The minimum atomic E-state index is 0.569. The molecular formula is C20H27NO3. The summed E-state index contributed by atoms with van der Waals surface area (Å²) in [6.45, 7) is 5.62. The van der Waals surface area contributed by atoms with Gasteiger partial charge in [-0.1, -0.05) is 38.8 Å². The van der Waals surface area contributed by atoms with Crippen LogP contribution in [0.4, 0.5) is 0 Å². The Labute approximate surface area is 144 Å². The second-order valence-electron chi connectivity index (χ2n) is 5.64. The van der Waals surface area contributed by atoms with Crippen LogP contribution < -0.4 is 14.2 Å². The lowest BCUT2D eigenvalue weighted by molar-refractivity contribution is 0.253. The van der Waals surface area contributed by atoms with Crippen LogP contribution in [0.5, 0.6) is 17.4 Å². The van der Waals surface area contributed by atoms with Crippen LogP contribution in [0.3, 0.4) is 0 Å². The van der Waals surface area contributed by atoms with Crippen molar-refractivity contribution >= 4 is 0 Å². The molecule has 24 heavy (non-hydrogen) atoms. The van der Waals surface area contributed by atoms with Gasteiger partial charge in [0.15, 0.2) is 5.75 Å². The maximum absolute atomic E-state index is 5.86. The molecule has 0 radical (unpaired) electrons. The second kappa shape index (κ2) is 9.81. The van der Waals surface area contributed by atoms with Gasteiger partial charge in [0, 0.05) is 5.56 Å². The number of unbranched alkanes of at least 4 members (excludes halogenated alkanes) is 2. The summed E-state index contributed by atoms with van der Waals surface area (Å²) >= 11 is 0. The van der Waals surface area contributed by atoms with E-state index in [1.807, 2.05) is 36.4 Å². The lowest BCUT2D eigenvalue weighted by Gasteiger charge is -2.13. The van der Waals surface area contributed by atoms with Gasteiger partial charge in [0.05, 0.1) is 26.0 Å². The molecule has 4 nitrogen and oxygen atoms in total. The van der Waals surface area contributed by atoms with Crippen LogP contribution in [-0.4, -0.2) is 25.3 Å². The van der Waals surface area contributed by atoms with Crippen molar-refractivity contribution in [1.82, 2.24) is 4.98 Å². The molecule has 0 saturated heterocycles. The van der Waals surface area contributed by atoms with Gasteiger partial charge >= 0.3 is 0 Å². The fourth-order valence-electron chi connectivity index (χ4n) is 2.22. The SMILES string of the molecule is CCCCOc1ccc(-c2cccc(OC)c2)nc1OCCCC. The third kappa shape index (κ3) is 5.15. The normalized spacial score (nSPS) is 10.5. The fourth-order valence-corrected chi connectivity index (χ4v) is 2.22. The van der Waals surface area contributed by atoms with Crippen molar-refractivity contribution in [3.05, 3.63) is 36.4 Å². The van der Waals surface area contributed by atoms with E-state index in [9.17, 15) is 0 Å². The molecule has 0 aliphatic carbocycles. The molecule has 2 aromatic rings. The van der Waals surface area contributed by atoms with Crippen LogP contribution in [0.2, 0.25) is 0 Å². The van der Waals surface area contributed by atoms with Gasteiger partial charge in [0.25, 0.3) is 5.88 Å². The number of methoxy groups -OCH3 is 1. The van der Waals surface area contributed by atoms with Crippen LogP contribution >= 0.6 is 0 Å². The first-order chi connectivity index (χ1) is 11.8. The number of hydrogen-bond donors (Lipinski definition) is 0. The zero-order valence-corrected chi connectivity index (χ0v) is 14.9. The molecule has 130 valence electrons. The van der Waals surface area contributed by atoms with Gasteiger partial charge < -0.3 is 14.2 Å². The first kappa shape index (κ1) is 18.1.